The topological polar surface area (TPSA) is 17.1 Å². The lowest BCUT2D eigenvalue weighted by Crippen LogP contribution is -1.96. The van der Waals surface area contributed by atoms with Crippen LogP contribution in [0.25, 0.3) is 0 Å². The molecular weight excluding hydrogens is 174 g/mol. The van der Waals surface area contributed by atoms with E-state index in [4.69, 9.17) is 0 Å². The minimum absolute atomic E-state index is 0.0632. The Bertz CT molecular complexity index is 399. The highest BCUT2D eigenvalue weighted by molar-refractivity contribution is 6.08. The summed E-state index contributed by atoms with van der Waals surface area (Å²) in [5.74, 6) is 2.09. The third-order valence-corrected chi connectivity index (χ3v) is 1.42. The van der Waals surface area contributed by atoms with Crippen LogP contribution < -0.4 is 0 Å². The summed E-state index contributed by atoms with van der Waals surface area (Å²) in [5, 5.41) is 0. The molecule has 66 valence electrons. The number of carbonyl (C=O) groups is 1. The van der Waals surface area contributed by atoms with Crippen LogP contribution in [0.3, 0.4) is 0 Å². The highest BCUT2D eigenvalue weighted by Gasteiger charge is 2.06. The smallest absolute Gasteiger partial charge is 0.235 e. The summed E-state index contributed by atoms with van der Waals surface area (Å²) in [6.45, 7) is 1.50. The molecule has 1 rings (SSSR count). The number of Topliss-reactive ketones (excluding diaryl/α,β-unsaturated/α-hetero) is 1. The van der Waals surface area contributed by atoms with Crippen molar-refractivity contribution in [1.29, 1.82) is 0 Å². The van der Waals surface area contributed by atoms with E-state index in [1.54, 1.807) is 0 Å². The first kappa shape index (κ1) is 9.40. The zero-order valence-electron chi connectivity index (χ0n) is 6.90. The number of benzene rings is 1. The van der Waals surface area contributed by atoms with Crippen molar-refractivity contribution in [3.63, 3.8) is 0 Å². The van der Waals surface area contributed by atoms with Gasteiger partial charge in [-0.2, -0.15) is 0 Å². The van der Waals surface area contributed by atoms with E-state index in [0.717, 1.165) is 12.1 Å². The van der Waals surface area contributed by atoms with E-state index >= 15 is 0 Å². The van der Waals surface area contributed by atoms with Crippen molar-refractivity contribution >= 4 is 5.78 Å². The van der Waals surface area contributed by atoms with Gasteiger partial charge in [-0.1, -0.05) is 5.92 Å². The Hall–Kier alpha value is -1.69. The summed E-state index contributed by atoms with van der Waals surface area (Å²) in [5.41, 5.74) is 0.0632. The van der Waals surface area contributed by atoms with Gasteiger partial charge in [0.2, 0.25) is 5.78 Å². The lowest BCUT2D eigenvalue weighted by Gasteiger charge is -1.94. The molecule has 0 amide bonds. The lowest BCUT2D eigenvalue weighted by atomic mass is 10.1. The molecule has 0 aliphatic heterocycles. The van der Waals surface area contributed by atoms with Gasteiger partial charge < -0.3 is 0 Å². The Morgan fingerprint density at radius 2 is 2.00 bits per heavy atom. The highest BCUT2D eigenvalue weighted by atomic mass is 19.2. The van der Waals surface area contributed by atoms with Gasteiger partial charge in [0.15, 0.2) is 11.6 Å². The quantitative estimate of drug-likeness (QED) is 0.367. The second kappa shape index (κ2) is 3.81. The molecule has 0 saturated carbocycles. The van der Waals surface area contributed by atoms with Gasteiger partial charge in [0, 0.05) is 5.56 Å². The van der Waals surface area contributed by atoms with E-state index in [9.17, 15) is 13.6 Å². The Morgan fingerprint density at radius 1 is 1.31 bits per heavy atom. The molecule has 1 nitrogen and oxygen atoms in total. The molecule has 0 saturated heterocycles. The summed E-state index contributed by atoms with van der Waals surface area (Å²) >= 11 is 0. The molecule has 0 unspecified atom stereocenters. The van der Waals surface area contributed by atoms with Gasteiger partial charge in [-0.05, 0) is 31.0 Å². The first-order valence-electron chi connectivity index (χ1n) is 3.57. The van der Waals surface area contributed by atoms with Gasteiger partial charge in [-0.3, -0.25) is 4.79 Å². The van der Waals surface area contributed by atoms with Crippen LogP contribution in [0.2, 0.25) is 0 Å². The predicted molar refractivity (Wildman–Crippen MR) is 44.1 cm³/mol. The van der Waals surface area contributed by atoms with Gasteiger partial charge in [0.05, 0.1) is 0 Å². The molecule has 0 atom stereocenters. The van der Waals surface area contributed by atoms with Crippen molar-refractivity contribution in [3.8, 4) is 11.8 Å². The molecule has 0 N–H and O–H groups in total. The molecule has 0 aliphatic carbocycles. The zero-order valence-corrected chi connectivity index (χ0v) is 6.90. The lowest BCUT2D eigenvalue weighted by molar-refractivity contribution is 0.105. The van der Waals surface area contributed by atoms with Gasteiger partial charge in [0.1, 0.15) is 0 Å². The second-order valence-corrected chi connectivity index (χ2v) is 2.33. The Balaban J connectivity index is 3.08. The van der Waals surface area contributed by atoms with Crippen LogP contribution in [0, 0.1) is 23.5 Å². The van der Waals surface area contributed by atoms with Gasteiger partial charge in [-0.25, -0.2) is 8.78 Å². The van der Waals surface area contributed by atoms with Crippen molar-refractivity contribution in [2.45, 2.75) is 6.92 Å². The fourth-order valence-corrected chi connectivity index (χ4v) is 0.823. The molecule has 0 aliphatic rings. The maximum Gasteiger partial charge on any atom is 0.235 e. The molecule has 13 heavy (non-hydrogen) atoms. The Morgan fingerprint density at radius 3 is 2.54 bits per heavy atom. The Labute approximate surface area is 74.4 Å². The zero-order chi connectivity index (χ0) is 9.84. The van der Waals surface area contributed by atoms with Crippen LogP contribution in [0.1, 0.15) is 17.3 Å². The SMILES string of the molecule is CC#CC(=O)c1ccc(F)c(F)c1. The third-order valence-electron chi connectivity index (χ3n) is 1.42. The molecule has 3 heteroatoms. The molecule has 0 fully saturated rings. The van der Waals surface area contributed by atoms with Gasteiger partial charge in [0.25, 0.3) is 0 Å². The molecule has 0 radical (unpaired) electrons. The maximum absolute atomic E-state index is 12.6. The van der Waals surface area contributed by atoms with Crippen LogP contribution in [0.5, 0.6) is 0 Å². The Kier molecular flexibility index (Phi) is 2.76. The summed E-state index contributed by atoms with van der Waals surface area (Å²) in [6.07, 6.45) is 0. The first-order chi connectivity index (χ1) is 6.15. The average Bonchev–Trinajstić information content (AvgIpc) is 2.10. The standard InChI is InChI=1S/C10H6F2O/c1-2-3-10(13)7-4-5-8(11)9(12)6-7/h4-6H,1H3. The molecule has 1 aromatic carbocycles. The molecule has 0 spiro atoms. The monoisotopic (exact) mass is 180 g/mol. The van der Waals surface area contributed by atoms with Crippen molar-refractivity contribution in [3.05, 3.63) is 35.4 Å². The number of hydrogen-bond acceptors (Lipinski definition) is 1. The first-order valence-corrected chi connectivity index (χ1v) is 3.57. The van der Waals surface area contributed by atoms with Crippen molar-refractivity contribution in [2.24, 2.45) is 0 Å². The predicted octanol–water partition coefficient (Wildman–Crippen LogP) is 2.17. The van der Waals surface area contributed by atoms with Crippen molar-refractivity contribution in [2.75, 3.05) is 0 Å². The summed E-state index contributed by atoms with van der Waals surface area (Å²) < 4.78 is 25.0. The van der Waals surface area contributed by atoms with E-state index in [1.807, 2.05) is 0 Å². The van der Waals surface area contributed by atoms with Gasteiger partial charge in [-0.15, -0.1) is 0 Å². The minimum atomic E-state index is -1.04. The molecule has 0 bridgehead atoms. The van der Waals surface area contributed by atoms with E-state index < -0.39 is 17.4 Å². The van der Waals surface area contributed by atoms with Crippen LogP contribution >= 0.6 is 0 Å². The number of halogens is 2. The molecule has 1 aromatic rings. The van der Waals surface area contributed by atoms with E-state index in [2.05, 4.69) is 11.8 Å². The van der Waals surface area contributed by atoms with Crippen LogP contribution in [0.15, 0.2) is 18.2 Å². The number of ketones is 1. The van der Waals surface area contributed by atoms with E-state index in [1.165, 1.54) is 13.0 Å². The fourth-order valence-electron chi connectivity index (χ4n) is 0.823. The highest BCUT2D eigenvalue weighted by Crippen LogP contribution is 2.08. The van der Waals surface area contributed by atoms with Crippen LogP contribution in [-0.4, -0.2) is 5.78 Å². The summed E-state index contributed by atoms with van der Waals surface area (Å²) in [4.78, 5) is 11.0. The van der Waals surface area contributed by atoms with E-state index in [0.29, 0.717) is 0 Å². The fraction of sp³-hybridized carbons (Fsp3) is 0.100. The van der Waals surface area contributed by atoms with Crippen molar-refractivity contribution < 1.29 is 13.6 Å². The third kappa shape index (κ3) is 2.12. The summed E-state index contributed by atoms with van der Waals surface area (Å²) in [6, 6.07) is 2.94. The number of rotatable bonds is 1. The minimum Gasteiger partial charge on any atom is -0.279 e. The average molecular weight is 180 g/mol. The van der Waals surface area contributed by atoms with Crippen LogP contribution in [-0.2, 0) is 0 Å². The number of carbonyl (C=O) groups excluding carboxylic acids is 1. The number of hydrogen-bond donors (Lipinski definition) is 0. The van der Waals surface area contributed by atoms with Crippen molar-refractivity contribution in [1.82, 2.24) is 0 Å². The largest absolute Gasteiger partial charge is 0.279 e. The molecule has 0 aromatic heterocycles. The normalized spacial score (nSPS) is 8.85. The second-order valence-electron chi connectivity index (χ2n) is 2.33. The molecule has 0 heterocycles. The van der Waals surface area contributed by atoms with Gasteiger partial charge >= 0.3 is 0 Å². The molecular formula is C10H6F2O. The van der Waals surface area contributed by atoms with Crippen LogP contribution in [0.4, 0.5) is 8.78 Å². The maximum atomic E-state index is 12.6. The van der Waals surface area contributed by atoms with E-state index in [-0.39, 0.29) is 5.56 Å². The summed E-state index contributed by atoms with van der Waals surface area (Å²) in [7, 11) is 0.